The number of carbonyl (C=O) groups is 1. The van der Waals surface area contributed by atoms with Crippen LogP contribution in [0, 0.1) is 0 Å². The van der Waals surface area contributed by atoms with Crippen molar-refractivity contribution in [3.63, 3.8) is 0 Å². The summed E-state index contributed by atoms with van der Waals surface area (Å²) in [6, 6.07) is 7.02. The fourth-order valence-electron chi connectivity index (χ4n) is 2.92. The molecule has 1 aromatic rings. The molecule has 2 aliphatic heterocycles. The van der Waals surface area contributed by atoms with Crippen molar-refractivity contribution < 1.29 is 9.53 Å². The maximum atomic E-state index is 11.5. The molecule has 0 aromatic heterocycles. The lowest BCUT2D eigenvalue weighted by atomic mass is 9.97. The van der Waals surface area contributed by atoms with E-state index in [4.69, 9.17) is 4.74 Å². The highest BCUT2D eigenvalue weighted by Gasteiger charge is 2.28. The Bertz CT molecular complexity index is 576. The third-order valence-corrected chi connectivity index (χ3v) is 4.33. The van der Waals surface area contributed by atoms with Gasteiger partial charge in [-0.2, -0.15) is 0 Å². The molecule has 0 amide bonds. The largest absolute Gasteiger partial charge is 0.378 e. The van der Waals surface area contributed by atoms with Crippen molar-refractivity contribution in [3.05, 3.63) is 41.1 Å². The van der Waals surface area contributed by atoms with Crippen LogP contribution in [-0.2, 0) is 22.5 Å². The number of Topliss-reactive ketones (excluding diaryl/α,β-unsaturated/α-hetero) is 1. The highest BCUT2D eigenvalue weighted by Crippen LogP contribution is 2.26. The van der Waals surface area contributed by atoms with Crippen LogP contribution < -0.4 is 5.32 Å². The van der Waals surface area contributed by atoms with Crippen LogP contribution in [0.1, 0.15) is 25.0 Å². The van der Waals surface area contributed by atoms with Crippen LogP contribution in [-0.4, -0.2) is 36.5 Å². The SMILES string of the molecule is C/C=C(/Nc1ccc2c(c1)CCN(C1COC1)C2)C(C)=O. The molecule has 4 nitrogen and oxygen atoms in total. The lowest BCUT2D eigenvalue weighted by molar-refractivity contribution is -0.113. The van der Waals surface area contributed by atoms with Crippen molar-refractivity contribution in [1.82, 2.24) is 4.90 Å². The van der Waals surface area contributed by atoms with Crippen LogP contribution in [0.3, 0.4) is 0 Å². The Morgan fingerprint density at radius 3 is 2.81 bits per heavy atom. The molecule has 1 fully saturated rings. The maximum absolute atomic E-state index is 11.5. The molecule has 1 N–H and O–H groups in total. The van der Waals surface area contributed by atoms with E-state index in [0.29, 0.717) is 11.7 Å². The van der Waals surface area contributed by atoms with E-state index in [0.717, 1.165) is 38.4 Å². The van der Waals surface area contributed by atoms with Gasteiger partial charge in [0.25, 0.3) is 0 Å². The standard InChI is InChI=1S/C17H22N2O2/c1-3-17(12(2)20)18-15-5-4-14-9-19(16-10-21-11-16)7-6-13(14)8-15/h3-5,8,16,18H,6-7,9-11H2,1-2H3/b17-3+. The molecule has 112 valence electrons. The van der Waals surface area contributed by atoms with Gasteiger partial charge in [0.2, 0.25) is 0 Å². The summed E-state index contributed by atoms with van der Waals surface area (Å²) in [5.41, 5.74) is 4.43. The molecule has 3 rings (SSSR count). The van der Waals surface area contributed by atoms with E-state index in [1.165, 1.54) is 11.1 Å². The monoisotopic (exact) mass is 286 g/mol. The van der Waals surface area contributed by atoms with E-state index in [1.54, 1.807) is 6.92 Å². The first-order chi connectivity index (χ1) is 10.2. The fourth-order valence-corrected chi connectivity index (χ4v) is 2.92. The Hall–Kier alpha value is -1.65. The Labute approximate surface area is 125 Å². The summed E-state index contributed by atoms with van der Waals surface area (Å²) in [6.45, 7) is 7.30. The van der Waals surface area contributed by atoms with E-state index in [9.17, 15) is 4.79 Å². The average molecular weight is 286 g/mol. The number of carbonyl (C=O) groups excluding carboxylic acids is 1. The summed E-state index contributed by atoms with van der Waals surface area (Å²) in [6.07, 6.45) is 2.88. The highest BCUT2D eigenvalue weighted by atomic mass is 16.5. The predicted octanol–water partition coefficient (Wildman–Crippen LogP) is 2.35. The Kier molecular flexibility index (Phi) is 4.08. The number of rotatable bonds is 4. The van der Waals surface area contributed by atoms with Crippen molar-refractivity contribution in [1.29, 1.82) is 0 Å². The predicted molar refractivity (Wildman–Crippen MR) is 83.2 cm³/mol. The Morgan fingerprint density at radius 2 is 2.19 bits per heavy atom. The number of anilines is 1. The molecule has 0 unspecified atom stereocenters. The molecule has 0 bridgehead atoms. The lowest BCUT2D eigenvalue weighted by Gasteiger charge is -2.40. The van der Waals surface area contributed by atoms with Gasteiger partial charge in [0.1, 0.15) is 0 Å². The number of benzene rings is 1. The number of ether oxygens (including phenoxy) is 1. The molecule has 1 saturated heterocycles. The third kappa shape index (κ3) is 3.01. The summed E-state index contributed by atoms with van der Waals surface area (Å²) in [4.78, 5) is 14.0. The molecule has 2 heterocycles. The van der Waals surface area contributed by atoms with Gasteiger partial charge >= 0.3 is 0 Å². The molecule has 2 aliphatic rings. The minimum atomic E-state index is 0.0615. The Morgan fingerprint density at radius 1 is 1.38 bits per heavy atom. The molecular weight excluding hydrogens is 264 g/mol. The minimum absolute atomic E-state index is 0.0615. The summed E-state index contributed by atoms with van der Waals surface area (Å²) in [5.74, 6) is 0.0615. The highest BCUT2D eigenvalue weighted by molar-refractivity contribution is 5.96. The minimum Gasteiger partial charge on any atom is -0.378 e. The molecule has 1 aromatic carbocycles. The van der Waals surface area contributed by atoms with E-state index < -0.39 is 0 Å². The van der Waals surface area contributed by atoms with Gasteiger partial charge in [-0.25, -0.2) is 0 Å². The quantitative estimate of drug-likeness (QED) is 0.863. The molecule has 0 saturated carbocycles. The first-order valence-corrected chi connectivity index (χ1v) is 7.55. The van der Waals surface area contributed by atoms with Crippen LogP contribution in [0.15, 0.2) is 30.0 Å². The zero-order valence-electron chi connectivity index (χ0n) is 12.7. The molecule has 0 spiro atoms. The second kappa shape index (κ2) is 6.00. The second-order valence-electron chi connectivity index (χ2n) is 5.78. The van der Waals surface area contributed by atoms with Crippen molar-refractivity contribution in [2.24, 2.45) is 0 Å². The van der Waals surface area contributed by atoms with Crippen LogP contribution in [0.4, 0.5) is 5.69 Å². The topological polar surface area (TPSA) is 41.6 Å². The van der Waals surface area contributed by atoms with Gasteiger partial charge in [0.05, 0.1) is 25.0 Å². The summed E-state index contributed by atoms with van der Waals surface area (Å²) < 4.78 is 5.28. The van der Waals surface area contributed by atoms with E-state index in [2.05, 4.69) is 28.4 Å². The van der Waals surface area contributed by atoms with Crippen LogP contribution in [0.5, 0.6) is 0 Å². The first kappa shape index (κ1) is 14.3. The zero-order chi connectivity index (χ0) is 14.8. The lowest BCUT2D eigenvalue weighted by Crippen LogP contribution is -2.50. The normalized spacial score (nSPS) is 19.8. The van der Waals surface area contributed by atoms with Gasteiger partial charge in [0.15, 0.2) is 5.78 Å². The third-order valence-electron chi connectivity index (χ3n) is 4.33. The molecule has 0 aliphatic carbocycles. The first-order valence-electron chi connectivity index (χ1n) is 7.55. The van der Waals surface area contributed by atoms with Crippen molar-refractivity contribution >= 4 is 11.5 Å². The van der Waals surface area contributed by atoms with E-state index >= 15 is 0 Å². The number of nitrogens with zero attached hydrogens (tertiary/aromatic N) is 1. The van der Waals surface area contributed by atoms with Gasteiger partial charge in [-0.05, 0) is 36.6 Å². The molecule has 21 heavy (non-hydrogen) atoms. The summed E-state index contributed by atoms with van der Waals surface area (Å²) in [5, 5.41) is 3.21. The van der Waals surface area contributed by atoms with Gasteiger partial charge in [0, 0.05) is 25.7 Å². The van der Waals surface area contributed by atoms with E-state index in [1.807, 2.05) is 13.0 Å². The Balaban J connectivity index is 1.72. The fraction of sp³-hybridized carbons (Fsp3) is 0.471. The number of ketones is 1. The van der Waals surface area contributed by atoms with Crippen LogP contribution >= 0.6 is 0 Å². The zero-order valence-corrected chi connectivity index (χ0v) is 12.7. The van der Waals surface area contributed by atoms with Crippen molar-refractivity contribution in [2.45, 2.75) is 32.9 Å². The van der Waals surface area contributed by atoms with Crippen molar-refractivity contribution in [3.8, 4) is 0 Å². The van der Waals surface area contributed by atoms with Crippen LogP contribution in [0.25, 0.3) is 0 Å². The molecule has 0 atom stereocenters. The summed E-state index contributed by atoms with van der Waals surface area (Å²) in [7, 11) is 0. The average Bonchev–Trinajstić information content (AvgIpc) is 2.42. The van der Waals surface area contributed by atoms with E-state index in [-0.39, 0.29) is 5.78 Å². The van der Waals surface area contributed by atoms with Gasteiger partial charge in [-0.3, -0.25) is 9.69 Å². The second-order valence-corrected chi connectivity index (χ2v) is 5.78. The van der Waals surface area contributed by atoms with Gasteiger partial charge < -0.3 is 10.1 Å². The van der Waals surface area contributed by atoms with Crippen molar-refractivity contribution in [2.75, 3.05) is 25.1 Å². The molecule has 0 radical (unpaired) electrons. The van der Waals surface area contributed by atoms with Crippen LogP contribution in [0.2, 0.25) is 0 Å². The van der Waals surface area contributed by atoms with Gasteiger partial charge in [-0.15, -0.1) is 0 Å². The molecular formula is C17H22N2O2. The summed E-state index contributed by atoms with van der Waals surface area (Å²) >= 11 is 0. The molecule has 4 heteroatoms. The number of hydrogen-bond donors (Lipinski definition) is 1. The number of fused-ring (bicyclic) bond motifs is 1. The maximum Gasteiger partial charge on any atom is 0.175 e. The number of allylic oxidation sites excluding steroid dienone is 2. The van der Waals surface area contributed by atoms with Gasteiger partial charge in [-0.1, -0.05) is 12.1 Å². The number of hydrogen-bond acceptors (Lipinski definition) is 4. The number of nitrogens with one attached hydrogen (secondary N) is 1. The smallest absolute Gasteiger partial charge is 0.175 e.